The minimum Gasteiger partial charge on any atom is -0.507 e. The van der Waals surface area contributed by atoms with Crippen LogP contribution in [0.15, 0.2) is 81.4 Å². The van der Waals surface area contributed by atoms with Gasteiger partial charge in [-0.25, -0.2) is 0 Å². The Morgan fingerprint density at radius 3 is 2.38 bits per heavy atom. The van der Waals surface area contributed by atoms with Gasteiger partial charge in [-0.2, -0.15) is 0 Å². The molecule has 3 aromatic rings. The lowest BCUT2D eigenvalue weighted by Crippen LogP contribution is -2.29. The van der Waals surface area contributed by atoms with Crippen LogP contribution >= 0.6 is 27.5 Å². The SMILES string of the molecule is O=C1C(=O)N(Cc2ccco2)[C@@H](c2ccc(Br)cc2)C1=C(O)c1ccc(Cl)cc1. The normalized spacial score (nSPS) is 18.4. The van der Waals surface area contributed by atoms with Crippen molar-refractivity contribution in [2.75, 3.05) is 0 Å². The number of likely N-dealkylation sites (tertiary alicyclic amines) is 1. The first-order valence-electron chi connectivity index (χ1n) is 8.78. The van der Waals surface area contributed by atoms with Gasteiger partial charge in [0, 0.05) is 15.1 Å². The van der Waals surface area contributed by atoms with Crippen molar-refractivity contribution in [3.05, 3.63) is 98.9 Å². The lowest BCUT2D eigenvalue weighted by molar-refractivity contribution is -0.140. The molecule has 2 heterocycles. The highest BCUT2D eigenvalue weighted by Gasteiger charge is 2.46. The molecule has 0 saturated carbocycles. The van der Waals surface area contributed by atoms with Crippen molar-refractivity contribution in [2.45, 2.75) is 12.6 Å². The van der Waals surface area contributed by atoms with Gasteiger partial charge in [0.05, 0.1) is 24.4 Å². The Morgan fingerprint density at radius 2 is 1.76 bits per heavy atom. The number of furan rings is 1. The van der Waals surface area contributed by atoms with Crippen LogP contribution in [0.1, 0.15) is 22.9 Å². The van der Waals surface area contributed by atoms with Crippen molar-refractivity contribution in [1.82, 2.24) is 4.90 Å². The van der Waals surface area contributed by atoms with E-state index in [9.17, 15) is 14.7 Å². The van der Waals surface area contributed by atoms with Crippen LogP contribution in [-0.2, 0) is 16.1 Å². The molecule has 1 amide bonds. The van der Waals surface area contributed by atoms with Crippen LogP contribution in [-0.4, -0.2) is 21.7 Å². The minimum atomic E-state index is -0.746. The van der Waals surface area contributed by atoms with E-state index in [0.717, 1.165) is 4.47 Å². The van der Waals surface area contributed by atoms with Crippen LogP contribution in [0, 0.1) is 0 Å². The van der Waals surface area contributed by atoms with Gasteiger partial charge in [-0.15, -0.1) is 0 Å². The molecule has 0 radical (unpaired) electrons. The number of halogens is 2. The highest BCUT2D eigenvalue weighted by atomic mass is 79.9. The summed E-state index contributed by atoms with van der Waals surface area (Å²) in [7, 11) is 0. The van der Waals surface area contributed by atoms with E-state index in [1.54, 1.807) is 36.4 Å². The molecular formula is C22H15BrClNO4. The Bertz CT molecular complexity index is 1090. The topological polar surface area (TPSA) is 70.8 Å². The zero-order valence-corrected chi connectivity index (χ0v) is 17.4. The van der Waals surface area contributed by atoms with E-state index in [-0.39, 0.29) is 17.9 Å². The highest BCUT2D eigenvalue weighted by Crippen LogP contribution is 2.40. The molecule has 2 aromatic carbocycles. The number of hydrogen-bond donors (Lipinski definition) is 1. The van der Waals surface area contributed by atoms with Gasteiger partial charge < -0.3 is 14.4 Å². The Balaban J connectivity index is 1.86. The third kappa shape index (κ3) is 3.73. The first-order chi connectivity index (χ1) is 14.0. The van der Waals surface area contributed by atoms with Gasteiger partial charge in [-0.1, -0.05) is 39.7 Å². The molecule has 1 aliphatic heterocycles. The molecule has 1 aromatic heterocycles. The lowest BCUT2D eigenvalue weighted by atomic mass is 9.95. The molecule has 0 spiro atoms. The molecule has 0 unspecified atom stereocenters. The maximum absolute atomic E-state index is 12.9. The Labute approximate surface area is 180 Å². The first-order valence-corrected chi connectivity index (χ1v) is 9.95. The smallest absolute Gasteiger partial charge is 0.296 e. The monoisotopic (exact) mass is 471 g/mol. The Morgan fingerprint density at radius 1 is 1.07 bits per heavy atom. The Hall–Kier alpha value is -2.83. The second-order valence-electron chi connectivity index (χ2n) is 6.56. The average molecular weight is 473 g/mol. The molecule has 1 fully saturated rings. The number of benzene rings is 2. The van der Waals surface area contributed by atoms with Crippen molar-refractivity contribution in [3.63, 3.8) is 0 Å². The number of nitrogens with zero attached hydrogens (tertiary/aromatic N) is 1. The van der Waals surface area contributed by atoms with Crippen LogP contribution in [0.2, 0.25) is 5.02 Å². The molecule has 1 atom stereocenters. The molecular weight excluding hydrogens is 458 g/mol. The van der Waals surface area contributed by atoms with E-state index in [4.69, 9.17) is 16.0 Å². The quantitative estimate of drug-likeness (QED) is 0.317. The second-order valence-corrected chi connectivity index (χ2v) is 7.92. The number of Topliss-reactive ketones (excluding diaryl/α,β-unsaturated/α-hetero) is 1. The fourth-order valence-electron chi connectivity index (χ4n) is 3.37. The molecule has 1 N–H and O–H groups in total. The van der Waals surface area contributed by atoms with E-state index in [1.165, 1.54) is 11.2 Å². The minimum absolute atomic E-state index is 0.0335. The predicted molar refractivity (Wildman–Crippen MR) is 112 cm³/mol. The summed E-state index contributed by atoms with van der Waals surface area (Å²) in [6, 6.07) is 16.4. The summed E-state index contributed by atoms with van der Waals surface area (Å²) in [5, 5.41) is 11.4. The number of ketones is 1. The number of aliphatic hydroxyl groups excluding tert-OH is 1. The van der Waals surface area contributed by atoms with Crippen LogP contribution in [0.5, 0.6) is 0 Å². The zero-order valence-electron chi connectivity index (χ0n) is 15.0. The van der Waals surface area contributed by atoms with Gasteiger partial charge in [0.2, 0.25) is 0 Å². The van der Waals surface area contributed by atoms with Crippen LogP contribution in [0.3, 0.4) is 0 Å². The maximum Gasteiger partial charge on any atom is 0.296 e. The van der Waals surface area contributed by atoms with Crippen LogP contribution in [0.4, 0.5) is 0 Å². The molecule has 7 heteroatoms. The summed E-state index contributed by atoms with van der Waals surface area (Å²) >= 11 is 9.32. The van der Waals surface area contributed by atoms with E-state index in [1.807, 2.05) is 24.3 Å². The highest BCUT2D eigenvalue weighted by molar-refractivity contribution is 9.10. The zero-order chi connectivity index (χ0) is 20.5. The van der Waals surface area contributed by atoms with E-state index in [0.29, 0.717) is 21.9 Å². The number of carbonyl (C=O) groups is 2. The van der Waals surface area contributed by atoms with E-state index >= 15 is 0 Å². The third-order valence-electron chi connectivity index (χ3n) is 4.75. The van der Waals surface area contributed by atoms with Crippen molar-refractivity contribution in [3.8, 4) is 0 Å². The van der Waals surface area contributed by atoms with Crippen molar-refractivity contribution in [2.24, 2.45) is 0 Å². The number of rotatable bonds is 4. The summed E-state index contributed by atoms with van der Waals surface area (Å²) in [5.41, 5.74) is 1.15. The molecule has 1 aliphatic rings. The standard InChI is InChI=1S/C22H15BrClNO4/c23-15-7-3-13(4-8-15)19-18(20(26)14-5-9-16(24)10-6-14)21(27)22(28)25(19)12-17-2-1-11-29-17/h1-11,19,26H,12H2/t19-/m0/s1. The molecule has 146 valence electrons. The first kappa shape index (κ1) is 19.5. The van der Waals surface area contributed by atoms with Crippen molar-refractivity contribution in [1.29, 1.82) is 0 Å². The van der Waals surface area contributed by atoms with Crippen LogP contribution < -0.4 is 0 Å². The predicted octanol–water partition coefficient (Wildman–Crippen LogP) is 5.32. The fraction of sp³-hybridized carbons (Fsp3) is 0.0909. The summed E-state index contributed by atoms with van der Waals surface area (Å²) in [6.45, 7) is 0.107. The summed E-state index contributed by atoms with van der Waals surface area (Å²) < 4.78 is 6.23. The van der Waals surface area contributed by atoms with Gasteiger partial charge in [-0.05, 0) is 54.1 Å². The largest absolute Gasteiger partial charge is 0.507 e. The molecule has 29 heavy (non-hydrogen) atoms. The number of amides is 1. The molecule has 0 bridgehead atoms. The lowest BCUT2D eigenvalue weighted by Gasteiger charge is -2.24. The fourth-order valence-corrected chi connectivity index (χ4v) is 3.76. The van der Waals surface area contributed by atoms with Gasteiger partial charge >= 0.3 is 0 Å². The van der Waals surface area contributed by atoms with E-state index in [2.05, 4.69) is 15.9 Å². The average Bonchev–Trinajstić information content (AvgIpc) is 3.31. The summed E-state index contributed by atoms with van der Waals surface area (Å²) in [6.07, 6.45) is 1.51. The molecule has 5 nitrogen and oxygen atoms in total. The maximum atomic E-state index is 12.9. The van der Waals surface area contributed by atoms with Crippen molar-refractivity contribution >= 4 is 45.0 Å². The van der Waals surface area contributed by atoms with Gasteiger partial charge in [0.1, 0.15) is 11.5 Å². The van der Waals surface area contributed by atoms with Crippen molar-refractivity contribution < 1.29 is 19.1 Å². The third-order valence-corrected chi connectivity index (χ3v) is 5.53. The number of carbonyl (C=O) groups excluding carboxylic acids is 2. The van der Waals surface area contributed by atoms with Gasteiger partial charge in [-0.3, -0.25) is 9.59 Å². The Kier molecular flexibility index (Phi) is 5.30. The number of aliphatic hydroxyl groups is 1. The number of hydrogen-bond acceptors (Lipinski definition) is 4. The molecule has 1 saturated heterocycles. The van der Waals surface area contributed by atoms with E-state index < -0.39 is 17.7 Å². The van der Waals surface area contributed by atoms with Crippen LogP contribution in [0.25, 0.3) is 5.76 Å². The molecule has 0 aliphatic carbocycles. The second kappa shape index (κ2) is 7.89. The van der Waals surface area contributed by atoms with Gasteiger partial charge in [0.25, 0.3) is 11.7 Å². The summed E-state index contributed by atoms with van der Waals surface area (Å²) in [4.78, 5) is 27.2. The summed E-state index contributed by atoms with van der Waals surface area (Å²) in [5.74, 6) is -1.13. The van der Waals surface area contributed by atoms with Gasteiger partial charge in [0.15, 0.2) is 0 Å². The molecule has 4 rings (SSSR count).